The third-order valence-electron chi connectivity index (χ3n) is 4.41. The fourth-order valence-electron chi connectivity index (χ4n) is 3.06. The second-order valence-electron chi connectivity index (χ2n) is 6.23. The molecule has 0 bridgehead atoms. The van der Waals surface area contributed by atoms with Gasteiger partial charge in [0.25, 0.3) is 11.5 Å². The molecule has 2 aromatic heterocycles. The van der Waals surface area contributed by atoms with Crippen molar-refractivity contribution in [3.63, 3.8) is 0 Å². The number of carbonyl (C=O) groups excluding carboxylic acids is 1. The van der Waals surface area contributed by atoms with Crippen molar-refractivity contribution in [3.05, 3.63) is 45.9 Å². The van der Waals surface area contributed by atoms with Crippen LogP contribution in [0.1, 0.15) is 34.7 Å². The highest BCUT2D eigenvalue weighted by atomic mass is 16.3. The monoisotopic (exact) mass is 330 g/mol. The fraction of sp³-hybridized carbons (Fsp3) is 0.471. The zero-order valence-electron chi connectivity index (χ0n) is 14.2. The Hall–Kier alpha value is -2.57. The van der Waals surface area contributed by atoms with E-state index in [1.165, 1.54) is 4.57 Å². The van der Waals surface area contributed by atoms with Gasteiger partial charge >= 0.3 is 0 Å². The zero-order chi connectivity index (χ0) is 17.3. The summed E-state index contributed by atoms with van der Waals surface area (Å²) >= 11 is 0. The number of piperidine rings is 1. The van der Waals surface area contributed by atoms with Gasteiger partial charge in [0.1, 0.15) is 11.5 Å². The highest BCUT2D eigenvalue weighted by molar-refractivity contribution is 5.95. The quantitative estimate of drug-likeness (QED) is 0.920. The highest BCUT2D eigenvalue weighted by Crippen LogP contribution is 2.17. The van der Waals surface area contributed by atoms with Gasteiger partial charge in [-0.2, -0.15) is 0 Å². The lowest BCUT2D eigenvalue weighted by Gasteiger charge is -2.32. The van der Waals surface area contributed by atoms with Gasteiger partial charge in [-0.05, 0) is 32.8 Å². The van der Waals surface area contributed by atoms with Gasteiger partial charge in [-0.1, -0.05) is 0 Å². The van der Waals surface area contributed by atoms with Crippen molar-refractivity contribution in [2.75, 3.05) is 18.0 Å². The Kier molecular flexibility index (Phi) is 4.42. The van der Waals surface area contributed by atoms with E-state index in [0.29, 0.717) is 30.2 Å². The SMILES string of the molecule is Cc1cc(C(=O)NC2CCN(c3nccn(C)c3=O)CC2)c(C)o1. The van der Waals surface area contributed by atoms with Crippen molar-refractivity contribution in [2.45, 2.75) is 32.7 Å². The average molecular weight is 330 g/mol. The molecule has 1 saturated heterocycles. The Morgan fingerprint density at radius 1 is 1.33 bits per heavy atom. The summed E-state index contributed by atoms with van der Waals surface area (Å²) in [6.45, 7) is 5.01. The molecule has 7 heteroatoms. The third-order valence-corrected chi connectivity index (χ3v) is 4.41. The van der Waals surface area contributed by atoms with Crippen LogP contribution >= 0.6 is 0 Å². The molecule has 1 N–H and O–H groups in total. The first-order valence-electron chi connectivity index (χ1n) is 8.10. The van der Waals surface area contributed by atoms with E-state index < -0.39 is 0 Å². The number of hydrogen-bond acceptors (Lipinski definition) is 5. The van der Waals surface area contributed by atoms with Gasteiger partial charge in [-0.3, -0.25) is 9.59 Å². The normalized spacial score (nSPS) is 15.5. The van der Waals surface area contributed by atoms with E-state index in [2.05, 4.69) is 10.3 Å². The van der Waals surface area contributed by atoms with E-state index in [4.69, 9.17) is 4.42 Å². The predicted octanol–water partition coefficient (Wildman–Crippen LogP) is 1.39. The first kappa shape index (κ1) is 16.3. The molecule has 1 fully saturated rings. The summed E-state index contributed by atoms with van der Waals surface area (Å²) in [7, 11) is 1.72. The van der Waals surface area contributed by atoms with Gasteiger partial charge in [0.05, 0.1) is 5.56 Å². The summed E-state index contributed by atoms with van der Waals surface area (Å²) < 4.78 is 6.94. The lowest BCUT2D eigenvalue weighted by atomic mass is 10.0. The molecule has 128 valence electrons. The molecule has 0 aromatic carbocycles. The second kappa shape index (κ2) is 6.51. The van der Waals surface area contributed by atoms with E-state index in [0.717, 1.165) is 18.6 Å². The van der Waals surface area contributed by atoms with E-state index in [-0.39, 0.29) is 17.5 Å². The van der Waals surface area contributed by atoms with Crippen LogP contribution in [0.15, 0.2) is 27.7 Å². The molecule has 3 heterocycles. The van der Waals surface area contributed by atoms with Gasteiger partial charge < -0.3 is 19.2 Å². The molecule has 1 aliphatic rings. The molecule has 2 aromatic rings. The van der Waals surface area contributed by atoms with Crippen molar-refractivity contribution in [3.8, 4) is 0 Å². The molecular formula is C17H22N4O3. The van der Waals surface area contributed by atoms with Gasteiger partial charge in [-0.15, -0.1) is 0 Å². The molecule has 0 unspecified atom stereocenters. The van der Waals surface area contributed by atoms with Crippen LogP contribution in [-0.4, -0.2) is 34.6 Å². The Morgan fingerprint density at radius 2 is 2.04 bits per heavy atom. The molecule has 0 atom stereocenters. The molecule has 0 aliphatic carbocycles. The summed E-state index contributed by atoms with van der Waals surface area (Å²) in [5.41, 5.74) is 0.498. The van der Waals surface area contributed by atoms with Gasteiger partial charge in [0.2, 0.25) is 0 Å². The summed E-state index contributed by atoms with van der Waals surface area (Å²) in [6, 6.07) is 1.85. The number of nitrogens with zero attached hydrogens (tertiary/aromatic N) is 3. The molecule has 0 saturated carbocycles. The van der Waals surface area contributed by atoms with Gasteiger partial charge in [-0.25, -0.2) is 4.98 Å². The van der Waals surface area contributed by atoms with E-state index >= 15 is 0 Å². The van der Waals surface area contributed by atoms with E-state index in [1.54, 1.807) is 32.4 Å². The van der Waals surface area contributed by atoms with Crippen molar-refractivity contribution >= 4 is 11.7 Å². The summed E-state index contributed by atoms with van der Waals surface area (Å²) in [5.74, 6) is 1.75. The minimum atomic E-state index is -0.100. The van der Waals surface area contributed by atoms with Crippen LogP contribution in [0, 0.1) is 13.8 Å². The van der Waals surface area contributed by atoms with Crippen molar-refractivity contribution < 1.29 is 9.21 Å². The number of nitrogens with one attached hydrogen (secondary N) is 1. The molecule has 7 nitrogen and oxygen atoms in total. The number of anilines is 1. The molecular weight excluding hydrogens is 308 g/mol. The number of amides is 1. The summed E-state index contributed by atoms with van der Waals surface area (Å²) in [6.07, 6.45) is 4.84. The summed E-state index contributed by atoms with van der Waals surface area (Å²) in [5, 5.41) is 3.06. The fourth-order valence-corrected chi connectivity index (χ4v) is 3.06. The van der Waals surface area contributed by atoms with Crippen LogP contribution in [0.4, 0.5) is 5.82 Å². The standard InChI is InChI=1S/C17H22N4O3/c1-11-10-14(12(2)24-11)16(22)19-13-4-7-21(8-5-13)15-17(23)20(3)9-6-18-15/h6,9-10,13H,4-5,7-8H2,1-3H3,(H,19,22). The Bertz CT molecular complexity index is 800. The number of furan rings is 1. The largest absolute Gasteiger partial charge is 0.466 e. The van der Waals surface area contributed by atoms with Crippen LogP contribution in [-0.2, 0) is 7.05 Å². The maximum absolute atomic E-state index is 12.3. The summed E-state index contributed by atoms with van der Waals surface area (Å²) in [4.78, 5) is 30.7. The number of carbonyl (C=O) groups is 1. The van der Waals surface area contributed by atoms with E-state index in [9.17, 15) is 9.59 Å². The first-order chi connectivity index (χ1) is 11.5. The second-order valence-corrected chi connectivity index (χ2v) is 6.23. The van der Waals surface area contributed by atoms with Gasteiger partial charge in [0.15, 0.2) is 5.82 Å². The zero-order valence-corrected chi connectivity index (χ0v) is 14.2. The molecule has 0 spiro atoms. The maximum atomic E-state index is 12.3. The average Bonchev–Trinajstić information content (AvgIpc) is 2.90. The minimum Gasteiger partial charge on any atom is -0.466 e. The minimum absolute atomic E-state index is 0.0931. The number of hydrogen-bond donors (Lipinski definition) is 1. The van der Waals surface area contributed by atoms with Crippen LogP contribution < -0.4 is 15.8 Å². The predicted molar refractivity (Wildman–Crippen MR) is 90.4 cm³/mol. The van der Waals surface area contributed by atoms with Crippen LogP contribution in [0.25, 0.3) is 0 Å². The lowest BCUT2D eigenvalue weighted by molar-refractivity contribution is 0.0929. The number of aromatic nitrogens is 2. The Balaban J connectivity index is 1.61. The van der Waals surface area contributed by atoms with Crippen molar-refractivity contribution in [2.24, 2.45) is 7.05 Å². The van der Waals surface area contributed by atoms with Crippen LogP contribution in [0.5, 0.6) is 0 Å². The molecule has 1 amide bonds. The molecule has 3 rings (SSSR count). The van der Waals surface area contributed by atoms with Crippen LogP contribution in [0.2, 0.25) is 0 Å². The Morgan fingerprint density at radius 3 is 2.67 bits per heavy atom. The topological polar surface area (TPSA) is 80.4 Å². The van der Waals surface area contributed by atoms with Gasteiger partial charge in [0, 0.05) is 38.6 Å². The van der Waals surface area contributed by atoms with Crippen molar-refractivity contribution in [1.82, 2.24) is 14.9 Å². The lowest BCUT2D eigenvalue weighted by Crippen LogP contribution is -2.46. The third kappa shape index (κ3) is 3.20. The molecule has 0 radical (unpaired) electrons. The highest BCUT2D eigenvalue weighted by Gasteiger charge is 2.24. The number of rotatable bonds is 3. The Labute approximate surface area is 140 Å². The molecule has 24 heavy (non-hydrogen) atoms. The number of aryl methyl sites for hydroxylation is 3. The molecule has 1 aliphatic heterocycles. The van der Waals surface area contributed by atoms with E-state index in [1.807, 2.05) is 11.8 Å². The smallest absolute Gasteiger partial charge is 0.293 e. The van der Waals surface area contributed by atoms with Crippen LogP contribution in [0.3, 0.4) is 0 Å². The van der Waals surface area contributed by atoms with Crippen molar-refractivity contribution in [1.29, 1.82) is 0 Å². The first-order valence-corrected chi connectivity index (χ1v) is 8.10. The maximum Gasteiger partial charge on any atom is 0.293 e.